The van der Waals surface area contributed by atoms with E-state index in [4.69, 9.17) is 9.47 Å². The summed E-state index contributed by atoms with van der Waals surface area (Å²) in [6, 6.07) is 11.9. The molecular formula is C23H33NO3. The van der Waals surface area contributed by atoms with E-state index < -0.39 is 5.60 Å². The van der Waals surface area contributed by atoms with E-state index in [9.17, 15) is 4.79 Å². The van der Waals surface area contributed by atoms with Crippen LogP contribution in [0.1, 0.15) is 53.9 Å². The summed E-state index contributed by atoms with van der Waals surface area (Å²) in [5, 5.41) is 5.07. The molecule has 1 amide bonds. The van der Waals surface area contributed by atoms with Crippen LogP contribution in [0.3, 0.4) is 0 Å². The number of fused-ring (bicyclic) bond motifs is 1. The molecule has 0 aliphatic carbocycles. The molecule has 2 aromatic rings. The fraction of sp³-hybridized carbons (Fsp3) is 0.522. The van der Waals surface area contributed by atoms with Gasteiger partial charge < -0.3 is 14.8 Å². The van der Waals surface area contributed by atoms with Crippen LogP contribution in [-0.4, -0.2) is 24.7 Å². The number of anilines is 1. The highest BCUT2D eigenvalue weighted by Crippen LogP contribution is 2.33. The van der Waals surface area contributed by atoms with Gasteiger partial charge in [-0.25, -0.2) is 0 Å². The Balaban J connectivity index is 2.30. The predicted molar refractivity (Wildman–Crippen MR) is 112 cm³/mol. The maximum atomic E-state index is 13.0. The average Bonchev–Trinajstić information content (AvgIpc) is 2.63. The van der Waals surface area contributed by atoms with E-state index >= 15 is 0 Å². The van der Waals surface area contributed by atoms with Crippen LogP contribution in [0.2, 0.25) is 0 Å². The monoisotopic (exact) mass is 371 g/mol. The van der Waals surface area contributed by atoms with Gasteiger partial charge in [-0.1, -0.05) is 51.5 Å². The first kappa shape index (κ1) is 21.2. The number of benzene rings is 2. The quantitative estimate of drug-likeness (QED) is 0.537. The zero-order chi connectivity index (χ0) is 19.9. The second-order valence-corrected chi connectivity index (χ2v) is 7.57. The topological polar surface area (TPSA) is 47.6 Å². The molecule has 148 valence electrons. The van der Waals surface area contributed by atoms with Crippen molar-refractivity contribution in [1.82, 2.24) is 0 Å². The van der Waals surface area contributed by atoms with E-state index in [1.54, 1.807) is 0 Å². The van der Waals surface area contributed by atoms with Crippen molar-refractivity contribution in [2.75, 3.05) is 18.5 Å². The summed E-state index contributed by atoms with van der Waals surface area (Å²) < 4.78 is 11.8. The SMILES string of the molecule is CCCCOc1ccc(NC(=O)C(C)(CC(C)C)OCC)c2ccccc12. The van der Waals surface area contributed by atoms with Gasteiger partial charge in [0.1, 0.15) is 11.4 Å². The number of amides is 1. The molecule has 2 aromatic carbocycles. The van der Waals surface area contributed by atoms with Crippen molar-refractivity contribution in [2.24, 2.45) is 5.92 Å². The summed E-state index contributed by atoms with van der Waals surface area (Å²) in [5.74, 6) is 1.10. The second-order valence-electron chi connectivity index (χ2n) is 7.57. The molecule has 0 saturated carbocycles. The van der Waals surface area contributed by atoms with Gasteiger partial charge in [-0.15, -0.1) is 0 Å². The van der Waals surface area contributed by atoms with Gasteiger partial charge in [0, 0.05) is 23.1 Å². The van der Waals surface area contributed by atoms with Gasteiger partial charge in [0.2, 0.25) is 0 Å². The number of carbonyl (C=O) groups excluding carboxylic acids is 1. The molecule has 27 heavy (non-hydrogen) atoms. The smallest absolute Gasteiger partial charge is 0.256 e. The van der Waals surface area contributed by atoms with E-state index in [2.05, 4.69) is 26.1 Å². The van der Waals surface area contributed by atoms with Crippen LogP contribution in [-0.2, 0) is 9.53 Å². The maximum absolute atomic E-state index is 13.0. The van der Waals surface area contributed by atoms with Crippen LogP contribution < -0.4 is 10.1 Å². The molecule has 4 nitrogen and oxygen atoms in total. The van der Waals surface area contributed by atoms with E-state index in [0.717, 1.165) is 35.1 Å². The summed E-state index contributed by atoms with van der Waals surface area (Å²) in [6.45, 7) is 11.3. The highest BCUT2D eigenvalue weighted by molar-refractivity contribution is 6.06. The van der Waals surface area contributed by atoms with Gasteiger partial charge in [-0.2, -0.15) is 0 Å². The Morgan fingerprint density at radius 2 is 1.81 bits per heavy atom. The number of unbranched alkanes of at least 4 members (excludes halogenated alkanes) is 1. The Morgan fingerprint density at radius 3 is 2.44 bits per heavy atom. The van der Waals surface area contributed by atoms with Crippen LogP contribution in [0.25, 0.3) is 10.8 Å². The zero-order valence-corrected chi connectivity index (χ0v) is 17.3. The molecule has 1 N–H and O–H groups in total. The number of nitrogens with one attached hydrogen (secondary N) is 1. The molecule has 0 spiro atoms. The van der Waals surface area contributed by atoms with E-state index in [-0.39, 0.29) is 5.91 Å². The van der Waals surface area contributed by atoms with Crippen molar-refractivity contribution >= 4 is 22.4 Å². The van der Waals surface area contributed by atoms with Crippen molar-refractivity contribution < 1.29 is 14.3 Å². The molecule has 0 aromatic heterocycles. The minimum Gasteiger partial charge on any atom is -0.493 e. The molecule has 0 saturated heterocycles. The summed E-state index contributed by atoms with van der Waals surface area (Å²) in [4.78, 5) is 13.0. The molecule has 0 heterocycles. The first-order valence-corrected chi connectivity index (χ1v) is 10.0. The molecule has 0 aliphatic rings. The van der Waals surface area contributed by atoms with Crippen LogP contribution >= 0.6 is 0 Å². The standard InChI is InChI=1S/C23H33NO3/c1-6-8-15-26-21-14-13-20(18-11-9-10-12-19(18)21)24-22(25)23(5,27-7-2)16-17(3)4/h9-14,17H,6-8,15-16H2,1-5H3,(H,24,25). The number of ether oxygens (including phenoxy) is 2. The zero-order valence-electron chi connectivity index (χ0n) is 17.3. The number of hydrogen-bond acceptors (Lipinski definition) is 3. The van der Waals surface area contributed by atoms with Gasteiger partial charge in [0.05, 0.1) is 6.61 Å². The molecule has 4 heteroatoms. The Morgan fingerprint density at radius 1 is 1.11 bits per heavy atom. The average molecular weight is 372 g/mol. The van der Waals surface area contributed by atoms with E-state index in [1.807, 2.05) is 50.2 Å². The minimum absolute atomic E-state index is 0.108. The summed E-state index contributed by atoms with van der Waals surface area (Å²) in [5.41, 5.74) is -0.0616. The third kappa shape index (κ3) is 5.46. The molecule has 0 fully saturated rings. The van der Waals surface area contributed by atoms with Crippen molar-refractivity contribution in [3.05, 3.63) is 36.4 Å². The fourth-order valence-corrected chi connectivity index (χ4v) is 3.40. The highest BCUT2D eigenvalue weighted by Gasteiger charge is 2.35. The molecule has 0 radical (unpaired) electrons. The first-order chi connectivity index (χ1) is 12.9. The van der Waals surface area contributed by atoms with Gasteiger partial charge >= 0.3 is 0 Å². The molecular weight excluding hydrogens is 338 g/mol. The summed E-state index contributed by atoms with van der Waals surface area (Å²) >= 11 is 0. The normalized spacial score (nSPS) is 13.6. The van der Waals surface area contributed by atoms with E-state index in [0.29, 0.717) is 25.6 Å². The molecule has 0 aliphatic heterocycles. The third-order valence-electron chi connectivity index (χ3n) is 4.63. The lowest BCUT2D eigenvalue weighted by molar-refractivity contribution is -0.140. The van der Waals surface area contributed by atoms with Gasteiger partial charge in [0.25, 0.3) is 5.91 Å². The Labute approximate surface area is 163 Å². The first-order valence-electron chi connectivity index (χ1n) is 10.0. The van der Waals surface area contributed by atoms with Gasteiger partial charge in [-0.05, 0) is 44.7 Å². The molecule has 0 bridgehead atoms. The lowest BCUT2D eigenvalue weighted by Gasteiger charge is -2.30. The van der Waals surface area contributed by atoms with Crippen molar-refractivity contribution in [3.8, 4) is 5.75 Å². The fourth-order valence-electron chi connectivity index (χ4n) is 3.40. The minimum atomic E-state index is -0.847. The van der Waals surface area contributed by atoms with Crippen LogP contribution in [0, 0.1) is 5.92 Å². The summed E-state index contributed by atoms with van der Waals surface area (Å²) in [6.07, 6.45) is 2.79. The number of carbonyl (C=O) groups is 1. The molecule has 1 atom stereocenters. The van der Waals surface area contributed by atoms with Crippen LogP contribution in [0.15, 0.2) is 36.4 Å². The highest BCUT2D eigenvalue weighted by atomic mass is 16.5. The lowest BCUT2D eigenvalue weighted by atomic mass is 9.92. The Kier molecular flexibility index (Phi) is 7.66. The van der Waals surface area contributed by atoms with Crippen LogP contribution in [0.5, 0.6) is 5.75 Å². The van der Waals surface area contributed by atoms with Crippen molar-refractivity contribution in [3.63, 3.8) is 0 Å². The number of rotatable bonds is 10. The summed E-state index contributed by atoms with van der Waals surface area (Å²) in [7, 11) is 0. The third-order valence-corrected chi connectivity index (χ3v) is 4.63. The van der Waals surface area contributed by atoms with E-state index in [1.165, 1.54) is 0 Å². The van der Waals surface area contributed by atoms with Gasteiger partial charge in [-0.3, -0.25) is 4.79 Å². The largest absolute Gasteiger partial charge is 0.493 e. The molecule has 2 rings (SSSR count). The Hall–Kier alpha value is -2.07. The van der Waals surface area contributed by atoms with Crippen molar-refractivity contribution in [2.45, 2.75) is 59.5 Å². The lowest BCUT2D eigenvalue weighted by Crippen LogP contribution is -2.44. The maximum Gasteiger partial charge on any atom is 0.256 e. The van der Waals surface area contributed by atoms with Gasteiger partial charge in [0.15, 0.2) is 0 Å². The molecule has 1 unspecified atom stereocenters. The Bertz CT molecular complexity index is 756. The second kappa shape index (κ2) is 9.75. The number of hydrogen-bond donors (Lipinski definition) is 1. The van der Waals surface area contributed by atoms with Crippen molar-refractivity contribution in [1.29, 1.82) is 0 Å². The predicted octanol–water partition coefficient (Wildman–Crippen LogP) is 5.80. The van der Waals surface area contributed by atoms with Crippen LogP contribution in [0.4, 0.5) is 5.69 Å².